The van der Waals surface area contributed by atoms with Crippen molar-refractivity contribution in [2.24, 2.45) is 0 Å². The number of rotatable bonds is 5. The molecular weight excluding hydrogens is 320 g/mol. The van der Waals surface area contributed by atoms with Crippen molar-refractivity contribution in [3.8, 4) is 0 Å². The fourth-order valence-corrected chi connectivity index (χ4v) is 3.20. The molecule has 0 bridgehead atoms. The Balaban J connectivity index is 3.01. The van der Waals surface area contributed by atoms with Crippen LogP contribution in [0.2, 0.25) is 0 Å². The Kier molecular flexibility index (Phi) is 5.55. The van der Waals surface area contributed by atoms with Gasteiger partial charge in [-0.1, -0.05) is 0 Å². The Labute approximate surface area is 136 Å². The van der Waals surface area contributed by atoms with Gasteiger partial charge in [-0.2, -0.15) is 0 Å². The average Bonchev–Trinajstić information content (AvgIpc) is 2.42. The average molecular weight is 342 g/mol. The quantitative estimate of drug-likeness (QED) is 0.839. The molecule has 1 aromatic rings. The highest BCUT2D eigenvalue weighted by Gasteiger charge is 2.24. The Bertz CT molecular complexity index is 690. The number of hydrogen-bond acceptors (Lipinski definition) is 4. The van der Waals surface area contributed by atoms with Crippen LogP contribution in [0.1, 0.15) is 38.1 Å². The van der Waals surface area contributed by atoms with Crippen LogP contribution in [0.4, 0.5) is 0 Å². The summed E-state index contributed by atoms with van der Waals surface area (Å²) in [6.07, 6.45) is 0. The normalized spacial score (nSPS) is 13.4. The Morgan fingerprint density at radius 3 is 2.04 bits per heavy atom. The zero-order chi connectivity index (χ0) is 18.0. The predicted octanol–water partition coefficient (Wildman–Crippen LogP) is 1.31. The molecule has 0 saturated heterocycles. The van der Waals surface area contributed by atoms with E-state index in [0.29, 0.717) is 0 Å². The van der Waals surface area contributed by atoms with E-state index >= 15 is 0 Å². The Morgan fingerprint density at radius 2 is 1.65 bits per heavy atom. The number of aliphatic carboxylic acids is 1. The molecular formula is C15H22N2O5S. The lowest BCUT2D eigenvalue weighted by Crippen LogP contribution is -2.41. The van der Waals surface area contributed by atoms with Crippen LogP contribution in [0, 0.1) is 0 Å². The van der Waals surface area contributed by atoms with E-state index in [-0.39, 0.29) is 10.5 Å². The van der Waals surface area contributed by atoms with Crippen LogP contribution in [-0.4, -0.2) is 48.9 Å². The van der Waals surface area contributed by atoms with Crippen molar-refractivity contribution in [1.29, 1.82) is 0 Å². The zero-order valence-corrected chi connectivity index (χ0v) is 14.6. The van der Waals surface area contributed by atoms with Gasteiger partial charge in [-0.05, 0) is 52.0 Å². The van der Waals surface area contributed by atoms with Crippen LogP contribution in [-0.2, 0) is 14.8 Å². The Morgan fingerprint density at radius 1 is 1.17 bits per heavy atom. The maximum absolute atomic E-state index is 12.2. The molecule has 0 radical (unpaired) electrons. The zero-order valence-electron chi connectivity index (χ0n) is 13.8. The van der Waals surface area contributed by atoms with E-state index < -0.39 is 33.5 Å². The first-order chi connectivity index (χ1) is 10.3. The summed E-state index contributed by atoms with van der Waals surface area (Å²) >= 11 is 0. The van der Waals surface area contributed by atoms with Crippen molar-refractivity contribution in [1.82, 2.24) is 9.62 Å². The molecule has 0 aliphatic carbocycles. The van der Waals surface area contributed by atoms with Crippen molar-refractivity contribution in [3.05, 3.63) is 29.8 Å². The molecule has 0 heterocycles. The SMILES string of the molecule is CC(C(=O)O)N(C)C(=O)c1ccc(S(=O)(=O)NC(C)(C)C)cc1. The number of amides is 1. The minimum Gasteiger partial charge on any atom is -0.480 e. The van der Waals surface area contributed by atoms with Gasteiger partial charge in [0.05, 0.1) is 4.90 Å². The molecule has 1 rings (SSSR count). The van der Waals surface area contributed by atoms with Gasteiger partial charge in [-0.3, -0.25) is 4.79 Å². The van der Waals surface area contributed by atoms with Crippen LogP contribution < -0.4 is 4.72 Å². The lowest BCUT2D eigenvalue weighted by molar-refractivity contribution is -0.141. The first-order valence-corrected chi connectivity index (χ1v) is 8.47. The molecule has 1 atom stereocenters. The lowest BCUT2D eigenvalue weighted by atomic mass is 10.1. The third kappa shape index (κ3) is 5.04. The molecule has 0 spiro atoms. The smallest absolute Gasteiger partial charge is 0.326 e. The molecule has 128 valence electrons. The molecule has 1 unspecified atom stereocenters. The minimum absolute atomic E-state index is 0.0397. The fraction of sp³-hybridized carbons (Fsp3) is 0.467. The van der Waals surface area contributed by atoms with E-state index in [1.165, 1.54) is 38.2 Å². The van der Waals surface area contributed by atoms with E-state index in [4.69, 9.17) is 5.11 Å². The number of hydrogen-bond donors (Lipinski definition) is 2. The lowest BCUT2D eigenvalue weighted by Gasteiger charge is -2.22. The van der Waals surface area contributed by atoms with Gasteiger partial charge < -0.3 is 10.0 Å². The molecule has 8 heteroatoms. The highest BCUT2D eigenvalue weighted by atomic mass is 32.2. The summed E-state index contributed by atoms with van der Waals surface area (Å²) in [6.45, 7) is 6.58. The van der Waals surface area contributed by atoms with E-state index in [2.05, 4.69) is 4.72 Å². The van der Waals surface area contributed by atoms with Gasteiger partial charge in [-0.25, -0.2) is 17.9 Å². The van der Waals surface area contributed by atoms with E-state index in [0.717, 1.165) is 4.90 Å². The van der Waals surface area contributed by atoms with Crippen molar-refractivity contribution in [2.45, 2.75) is 44.2 Å². The van der Waals surface area contributed by atoms with Gasteiger partial charge in [0.2, 0.25) is 10.0 Å². The second-order valence-electron chi connectivity index (χ2n) is 6.31. The maximum atomic E-state index is 12.2. The summed E-state index contributed by atoms with van der Waals surface area (Å²) in [5.41, 5.74) is -0.403. The van der Waals surface area contributed by atoms with Crippen LogP contribution in [0.5, 0.6) is 0 Å². The number of benzene rings is 1. The number of nitrogens with zero attached hydrogens (tertiary/aromatic N) is 1. The molecule has 1 amide bonds. The van der Waals surface area contributed by atoms with Gasteiger partial charge >= 0.3 is 5.97 Å². The summed E-state index contributed by atoms with van der Waals surface area (Å²) in [7, 11) is -2.30. The highest BCUT2D eigenvalue weighted by Crippen LogP contribution is 2.15. The summed E-state index contributed by atoms with van der Waals surface area (Å²) in [6, 6.07) is 4.39. The maximum Gasteiger partial charge on any atom is 0.326 e. The number of carbonyl (C=O) groups is 2. The van der Waals surface area contributed by atoms with E-state index in [1.807, 2.05) is 0 Å². The van der Waals surface area contributed by atoms with Gasteiger partial charge in [0, 0.05) is 18.2 Å². The first kappa shape index (κ1) is 19.1. The molecule has 23 heavy (non-hydrogen) atoms. The summed E-state index contributed by atoms with van der Waals surface area (Å²) in [4.78, 5) is 24.2. The van der Waals surface area contributed by atoms with Crippen molar-refractivity contribution < 1.29 is 23.1 Å². The predicted molar refractivity (Wildman–Crippen MR) is 85.7 cm³/mol. The second kappa shape index (κ2) is 6.67. The van der Waals surface area contributed by atoms with E-state index in [1.54, 1.807) is 20.8 Å². The Hall–Kier alpha value is -1.93. The molecule has 0 aliphatic rings. The van der Waals surface area contributed by atoms with E-state index in [9.17, 15) is 18.0 Å². The standard InChI is InChI=1S/C15H22N2O5S/c1-10(14(19)20)17(5)13(18)11-6-8-12(9-7-11)23(21,22)16-15(2,3)4/h6-10,16H,1-5H3,(H,19,20). The number of nitrogens with one attached hydrogen (secondary N) is 1. The first-order valence-electron chi connectivity index (χ1n) is 6.99. The number of carboxylic acid groups (broad SMARTS) is 1. The highest BCUT2D eigenvalue weighted by molar-refractivity contribution is 7.89. The summed E-state index contributed by atoms with van der Waals surface area (Å²) in [5.74, 6) is -1.61. The molecule has 0 saturated carbocycles. The molecule has 0 fully saturated rings. The van der Waals surface area contributed by atoms with Gasteiger partial charge in [0.15, 0.2) is 0 Å². The van der Waals surface area contributed by atoms with Crippen molar-refractivity contribution in [2.75, 3.05) is 7.05 Å². The van der Waals surface area contributed by atoms with Gasteiger partial charge in [0.25, 0.3) is 5.91 Å². The van der Waals surface area contributed by atoms with Crippen LogP contribution in [0.3, 0.4) is 0 Å². The number of carbonyl (C=O) groups excluding carboxylic acids is 1. The summed E-state index contributed by atoms with van der Waals surface area (Å²) in [5, 5.41) is 8.93. The minimum atomic E-state index is -3.68. The monoisotopic (exact) mass is 342 g/mol. The fourth-order valence-electron chi connectivity index (χ4n) is 1.78. The largest absolute Gasteiger partial charge is 0.480 e. The number of carboxylic acids is 1. The topological polar surface area (TPSA) is 104 Å². The molecule has 7 nitrogen and oxygen atoms in total. The molecule has 1 aromatic carbocycles. The van der Waals surface area contributed by atoms with Crippen LogP contribution in [0.15, 0.2) is 29.2 Å². The summed E-state index contributed by atoms with van der Waals surface area (Å²) < 4.78 is 26.9. The van der Waals surface area contributed by atoms with Crippen LogP contribution >= 0.6 is 0 Å². The molecule has 0 aromatic heterocycles. The van der Waals surface area contributed by atoms with Gasteiger partial charge in [-0.15, -0.1) is 0 Å². The van der Waals surface area contributed by atoms with Gasteiger partial charge in [0.1, 0.15) is 6.04 Å². The molecule has 2 N–H and O–H groups in total. The second-order valence-corrected chi connectivity index (χ2v) is 7.99. The molecule has 0 aliphatic heterocycles. The third-order valence-corrected chi connectivity index (χ3v) is 4.88. The van der Waals surface area contributed by atoms with Crippen molar-refractivity contribution in [3.63, 3.8) is 0 Å². The third-order valence-electron chi connectivity index (χ3n) is 3.11. The van der Waals surface area contributed by atoms with Crippen molar-refractivity contribution >= 4 is 21.9 Å². The van der Waals surface area contributed by atoms with Crippen LogP contribution in [0.25, 0.3) is 0 Å². The number of likely N-dealkylation sites (N-methyl/N-ethyl adjacent to an activating group) is 1. The number of sulfonamides is 1.